The topological polar surface area (TPSA) is 111 Å². The van der Waals surface area contributed by atoms with Crippen LogP contribution in [0.15, 0.2) is 36.5 Å². The summed E-state index contributed by atoms with van der Waals surface area (Å²) in [6.45, 7) is 6.98. The van der Waals surface area contributed by atoms with Crippen molar-refractivity contribution >= 4 is 19.7 Å². The molecule has 430 valence electrons. The van der Waals surface area contributed by atoms with Crippen molar-refractivity contribution in [2.24, 2.45) is 0 Å². The molecular weight excluding hydrogens is 928 g/mol. The van der Waals surface area contributed by atoms with Crippen LogP contribution in [0.4, 0.5) is 0 Å². The highest BCUT2D eigenvalue weighted by Gasteiger charge is 2.30. The molecule has 2 N–H and O–H groups in total. The number of phosphoric acid groups is 1. The van der Waals surface area contributed by atoms with Gasteiger partial charge in [0, 0.05) is 12.8 Å². The summed E-state index contributed by atoms with van der Waals surface area (Å²) in [5.74, 6) is -0.507. The molecule has 1 amide bonds. The largest absolute Gasteiger partial charge is 0.472 e. The normalized spacial score (nSPS) is 13.9. The van der Waals surface area contributed by atoms with Gasteiger partial charge in [0.2, 0.25) is 5.91 Å². The van der Waals surface area contributed by atoms with E-state index < -0.39 is 20.0 Å². The summed E-state index contributed by atoms with van der Waals surface area (Å²) >= 11 is 0. The van der Waals surface area contributed by atoms with Gasteiger partial charge >= 0.3 is 13.8 Å². The van der Waals surface area contributed by atoms with Crippen LogP contribution in [-0.4, -0.2) is 74.3 Å². The van der Waals surface area contributed by atoms with Gasteiger partial charge in [0.25, 0.3) is 0 Å². The molecule has 9 nitrogen and oxygen atoms in total. The van der Waals surface area contributed by atoms with Gasteiger partial charge in [0.05, 0.1) is 33.8 Å². The number of likely N-dealkylation sites (N-methyl/N-ethyl adjacent to an activating group) is 1. The number of carbonyl (C=O) groups excluding carboxylic acids is 2. The molecule has 3 unspecified atom stereocenters. The Hall–Kier alpha value is -1.77. The molecule has 0 aliphatic carbocycles. The summed E-state index contributed by atoms with van der Waals surface area (Å²) in [5.41, 5.74) is 0. The number of nitrogens with zero attached hydrogens (tertiary/aromatic N) is 1. The zero-order valence-electron chi connectivity index (χ0n) is 49.1. The summed E-state index contributed by atoms with van der Waals surface area (Å²) in [5, 5.41) is 3.05. The van der Waals surface area contributed by atoms with E-state index in [2.05, 4.69) is 50.4 Å². The van der Waals surface area contributed by atoms with Crippen LogP contribution in [0.1, 0.15) is 303 Å². The van der Waals surface area contributed by atoms with Gasteiger partial charge in [-0.15, -0.1) is 0 Å². The average molecular weight is 1050 g/mol. The van der Waals surface area contributed by atoms with E-state index >= 15 is 0 Å². The minimum atomic E-state index is -4.44. The van der Waals surface area contributed by atoms with Crippen molar-refractivity contribution in [2.45, 2.75) is 315 Å². The van der Waals surface area contributed by atoms with Gasteiger partial charge < -0.3 is 19.4 Å². The van der Waals surface area contributed by atoms with Crippen molar-refractivity contribution in [1.82, 2.24) is 5.32 Å². The maximum Gasteiger partial charge on any atom is 0.472 e. The van der Waals surface area contributed by atoms with Crippen molar-refractivity contribution in [3.63, 3.8) is 0 Å². The monoisotopic (exact) mass is 1050 g/mol. The van der Waals surface area contributed by atoms with Gasteiger partial charge in [-0.05, 0) is 76.7 Å². The number of esters is 1. The quantitative estimate of drug-likeness (QED) is 0.0205. The fraction of sp³-hybridized carbons (Fsp3) is 0.873. The van der Waals surface area contributed by atoms with Crippen molar-refractivity contribution in [2.75, 3.05) is 40.9 Å². The molecule has 0 aromatic carbocycles. The number of nitrogens with one attached hydrogen (secondary N) is 1. The van der Waals surface area contributed by atoms with E-state index in [0.717, 1.165) is 83.5 Å². The molecule has 0 fully saturated rings. The van der Waals surface area contributed by atoms with Gasteiger partial charge in [0.15, 0.2) is 0 Å². The number of hydrogen-bond acceptors (Lipinski definition) is 6. The Morgan fingerprint density at radius 3 is 1.21 bits per heavy atom. The third-order valence-electron chi connectivity index (χ3n) is 14.1. The Bertz CT molecular complexity index is 1350. The molecular formula is C63H122N2O7P+. The predicted molar refractivity (Wildman–Crippen MR) is 314 cm³/mol. The van der Waals surface area contributed by atoms with Crippen LogP contribution in [0.5, 0.6) is 0 Å². The first-order chi connectivity index (χ1) is 35.4. The molecule has 0 saturated heterocycles. The average Bonchev–Trinajstić information content (AvgIpc) is 3.35. The van der Waals surface area contributed by atoms with E-state index in [1.807, 2.05) is 33.3 Å². The Morgan fingerprint density at radius 2 is 0.808 bits per heavy atom. The second-order valence-electron chi connectivity index (χ2n) is 22.6. The highest BCUT2D eigenvalue weighted by molar-refractivity contribution is 7.47. The van der Waals surface area contributed by atoms with Gasteiger partial charge in [-0.25, -0.2) is 4.57 Å². The lowest BCUT2D eigenvalue weighted by atomic mass is 10.0. The van der Waals surface area contributed by atoms with Crippen LogP contribution >= 0.6 is 7.82 Å². The number of ether oxygens (including phenoxy) is 1. The van der Waals surface area contributed by atoms with Crippen molar-refractivity contribution in [1.29, 1.82) is 0 Å². The second kappa shape index (κ2) is 53.6. The Morgan fingerprint density at radius 1 is 0.466 bits per heavy atom. The molecule has 0 aliphatic heterocycles. The number of rotatable bonds is 57. The maximum absolute atomic E-state index is 13.5. The summed E-state index contributed by atoms with van der Waals surface area (Å²) in [6.07, 6.45) is 64.4. The maximum atomic E-state index is 13.5. The zero-order chi connectivity index (χ0) is 53.6. The molecule has 10 heteroatoms. The fourth-order valence-electron chi connectivity index (χ4n) is 9.15. The standard InChI is InChI=1S/C63H121N2O7P/c1-7-10-13-16-19-22-25-26-27-28-29-30-31-32-33-34-35-36-37-38-41-43-46-49-52-55-62(66)64-60(59-71-73(68,69)70-58-57-65(4,5)6)61(54-51-48-45-42-39-23-20-17-14-11-8-2)72-63(67)56-53-50-47-44-40-24-21-18-15-12-9-3/h18,21,26-27,51,54,60-61H,7-17,19-20,22-25,28-50,52-53,55-59H2,1-6H3,(H-,64,66,68,69)/p+1/b21-18-,27-26+,54-51-. The third-order valence-corrected chi connectivity index (χ3v) is 15.0. The summed E-state index contributed by atoms with van der Waals surface area (Å²) < 4.78 is 30.6. The molecule has 0 heterocycles. The van der Waals surface area contributed by atoms with Crippen LogP contribution in [0.2, 0.25) is 0 Å². The van der Waals surface area contributed by atoms with E-state index in [9.17, 15) is 19.0 Å². The van der Waals surface area contributed by atoms with Gasteiger partial charge in [-0.3, -0.25) is 18.6 Å². The van der Waals surface area contributed by atoms with Crippen LogP contribution in [0, 0.1) is 0 Å². The summed E-state index contributed by atoms with van der Waals surface area (Å²) in [6, 6.07) is -0.847. The van der Waals surface area contributed by atoms with Crippen LogP contribution in [0.3, 0.4) is 0 Å². The number of phosphoric ester groups is 1. The van der Waals surface area contributed by atoms with E-state index in [4.69, 9.17) is 13.8 Å². The van der Waals surface area contributed by atoms with Gasteiger partial charge in [-0.1, -0.05) is 250 Å². The Labute approximate surface area is 453 Å². The third kappa shape index (κ3) is 54.8. The van der Waals surface area contributed by atoms with Crippen LogP contribution < -0.4 is 5.32 Å². The van der Waals surface area contributed by atoms with Gasteiger partial charge in [0.1, 0.15) is 19.3 Å². The second-order valence-corrected chi connectivity index (χ2v) is 24.0. The minimum absolute atomic E-state index is 0.0408. The number of carbonyl (C=O) groups is 2. The lowest BCUT2D eigenvalue weighted by Gasteiger charge is -2.27. The van der Waals surface area contributed by atoms with E-state index in [0.29, 0.717) is 17.4 Å². The number of unbranched alkanes of at least 4 members (excludes halogenated alkanes) is 37. The van der Waals surface area contributed by atoms with Crippen molar-refractivity contribution in [3.8, 4) is 0 Å². The Balaban J connectivity index is 5.00. The molecule has 0 aromatic heterocycles. The minimum Gasteiger partial charge on any atom is -0.456 e. The lowest BCUT2D eigenvalue weighted by Crippen LogP contribution is -2.47. The van der Waals surface area contributed by atoms with E-state index in [-0.39, 0.29) is 31.5 Å². The molecule has 0 saturated carbocycles. The number of hydrogen-bond donors (Lipinski definition) is 2. The fourth-order valence-corrected chi connectivity index (χ4v) is 9.89. The summed E-state index contributed by atoms with van der Waals surface area (Å²) in [4.78, 5) is 37.6. The van der Waals surface area contributed by atoms with Crippen LogP contribution in [-0.2, 0) is 27.9 Å². The molecule has 0 bridgehead atoms. The molecule has 0 spiro atoms. The molecule has 0 rings (SSSR count). The molecule has 0 aromatic rings. The molecule has 73 heavy (non-hydrogen) atoms. The SMILES string of the molecule is CCCC/C=C\CCCCCCCC(=O)OC(/C=C\CCCCCCCCCCC)C(COP(=O)(O)OCC[N+](C)(C)C)NC(=O)CCCCCCCCCCCCCCCCC/C=C/CCCCCCCC. The number of allylic oxidation sites excluding steroid dienone is 5. The van der Waals surface area contributed by atoms with E-state index in [1.165, 1.54) is 186 Å². The molecule has 0 aliphatic rings. The summed E-state index contributed by atoms with van der Waals surface area (Å²) in [7, 11) is 1.50. The van der Waals surface area contributed by atoms with E-state index in [1.54, 1.807) is 0 Å². The zero-order valence-corrected chi connectivity index (χ0v) is 50.0. The number of amides is 1. The highest BCUT2D eigenvalue weighted by Crippen LogP contribution is 2.43. The predicted octanol–water partition coefficient (Wildman–Crippen LogP) is 19.1. The first-order valence-corrected chi connectivity index (χ1v) is 32.8. The van der Waals surface area contributed by atoms with Crippen LogP contribution in [0.25, 0.3) is 0 Å². The van der Waals surface area contributed by atoms with Crippen molar-refractivity contribution < 1.29 is 37.3 Å². The highest BCUT2D eigenvalue weighted by atomic mass is 31.2. The molecule has 0 radical (unpaired) electrons. The smallest absolute Gasteiger partial charge is 0.456 e. The van der Waals surface area contributed by atoms with Crippen molar-refractivity contribution in [3.05, 3.63) is 36.5 Å². The first-order valence-electron chi connectivity index (χ1n) is 31.3. The Kier molecular flexibility index (Phi) is 52.3. The number of quaternary nitrogens is 1. The van der Waals surface area contributed by atoms with Gasteiger partial charge in [-0.2, -0.15) is 0 Å². The lowest BCUT2D eigenvalue weighted by molar-refractivity contribution is -0.870. The molecule has 3 atom stereocenters. The first kappa shape index (κ1) is 71.2.